The molecule has 0 unspecified atom stereocenters. The number of anilines is 1. The predicted octanol–water partition coefficient (Wildman–Crippen LogP) is 3.81. The fourth-order valence-electron chi connectivity index (χ4n) is 3.31. The molecule has 0 fully saturated rings. The van der Waals surface area contributed by atoms with Crippen LogP contribution in [0.2, 0.25) is 0 Å². The lowest BCUT2D eigenvalue weighted by Crippen LogP contribution is -2.03. The fraction of sp³-hybridized carbons (Fsp3) is 0.190. The molecule has 0 bridgehead atoms. The Hall–Kier alpha value is -3.41. The molecule has 0 saturated heterocycles. The van der Waals surface area contributed by atoms with Crippen LogP contribution >= 0.6 is 0 Å². The van der Waals surface area contributed by atoms with E-state index in [1.165, 1.54) is 0 Å². The van der Waals surface area contributed by atoms with Crippen molar-refractivity contribution in [2.24, 2.45) is 4.99 Å². The van der Waals surface area contributed by atoms with Gasteiger partial charge in [-0.15, -0.1) is 0 Å². The lowest BCUT2D eigenvalue weighted by atomic mass is 10.00. The number of carbonyl (C=O) groups excluding carboxylic acids is 1. The minimum absolute atomic E-state index is 0.0683. The Morgan fingerprint density at radius 1 is 1.33 bits per heavy atom. The van der Waals surface area contributed by atoms with Crippen molar-refractivity contribution in [3.63, 3.8) is 0 Å². The van der Waals surface area contributed by atoms with Crippen molar-refractivity contribution in [2.45, 2.75) is 26.7 Å². The Kier molecular flexibility index (Phi) is 4.81. The first-order chi connectivity index (χ1) is 12.8. The number of aryl methyl sites for hydroxylation is 1. The number of aromatic nitrogens is 1. The second kappa shape index (κ2) is 7.07. The molecule has 0 spiro atoms. The summed E-state index contributed by atoms with van der Waals surface area (Å²) in [6, 6.07) is 5.53. The number of aliphatic carboxylic acids is 1. The van der Waals surface area contributed by atoms with E-state index in [4.69, 9.17) is 5.11 Å². The molecule has 1 aliphatic rings. The lowest BCUT2D eigenvalue weighted by molar-refractivity contribution is -0.137. The Morgan fingerprint density at radius 3 is 2.74 bits per heavy atom. The summed E-state index contributed by atoms with van der Waals surface area (Å²) < 4.78 is 0. The van der Waals surface area contributed by atoms with Crippen LogP contribution in [-0.2, 0) is 16.0 Å². The number of carboxylic acids is 1. The molecular weight excluding hydrogens is 342 g/mol. The van der Waals surface area contributed by atoms with Crippen LogP contribution in [0.3, 0.4) is 0 Å². The van der Waals surface area contributed by atoms with Crippen molar-refractivity contribution in [3.8, 4) is 0 Å². The number of fused-ring (bicyclic) bond motifs is 1. The van der Waals surface area contributed by atoms with Gasteiger partial charge in [0.05, 0.1) is 11.3 Å². The quantitative estimate of drug-likeness (QED) is 0.538. The third kappa shape index (κ3) is 3.46. The van der Waals surface area contributed by atoms with E-state index < -0.39 is 5.97 Å². The van der Waals surface area contributed by atoms with Gasteiger partial charge in [0.25, 0.3) is 5.91 Å². The maximum absolute atomic E-state index is 12.5. The van der Waals surface area contributed by atoms with Crippen molar-refractivity contribution < 1.29 is 14.7 Å². The van der Waals surface area contributed by atoms with Crippen LogP contribution in [0.15, 0.2) is 29.8 Å². The van der Waals surface area contributed by atoms with E-state index in [9.17, 15) is 9.59 Å². The fourth-order valence-corrected chi connectivity index (χ4v) is 3.31. The van der Waals surface area contributed by atoms with E-state index in [2.05, 4.69) is 28.6 Å². The van der Waals surface area contributed by atoms with Crippen molar-refractivity contribution >= 4 is 41.6 Å². The number of hydrogen-bond donors (Lipinski definition) is 3. The molecule has 1 aliphatic heterocycles. The zero-order chi connectivity index (χ0) is 19.7. The van der Waals surface area contributed by atoms with Gasteiger partial charge in [0, 0.05) is 34.6 Å². The Morgan fingerprint density at radius 2 is 2.07 bits per heavy atom. The summed E-state index contributed by atoms with van der Waals surface area (Å²) in [5.41, 5.74) is 7.04. The minimum Gasteiger partial charge on any atom is -0.481 e. The molecule has 0 aliphatic carbocycles. The molecule has 1 aromatic carbocycles. The smallest absolute Gasteiger partial charge is 0.303 e. The second-order valence-electron chi connectivity index (χ2n) is 6.54. The number of rotatable bonds is 6. The zero-order valence-electron chi connectivity index (χ0n) is 15.3. The molecule has 3 N–H and O–H groups in total. The predicted molar refractivity (Wildman–Crippen MR) is 108 cm³/mol. The monoisotopic (exact) mass is 363 g/mol. The van der Waals surface area contributed by atoms with E-state index in [1.54, 1.807) is 0 Å². The standard InChI is InChI=1S/C21H21N3O3/c1-11-15(6-8-20(25)26)13(3)23-19(11)10-17-16-9-14(12(2)22-4)5-7-18(16)24-21(17)27/h5,7,9-10,23H,2,4,6,8H2,1,3H3,(H,24,27)(H,25,26). The van der Waals surface area contributed by atoms with Gasteiger partial charge in [-0.1, -0.05) is 12.6 Å². The SMILES string of the molecule is C=NC(=C)c1ccc2c(c1)C(=Cc1[nH]c(C)c(CCC(=O)O)c1C)C(=O)N2. The van der Waals surface area contributed by atoms with Crippen LogP contribution in [0.1, 0.15) is 40.1 Å². The second-order valence-corrected chi connectivity index (χ2v) is 6.54. The van der Waals surface area contributed by atoms with Gasteiger partial charge >= 0.3 is 5.97 Å². The number of carboxylic acid groups (broad SMARTS) is 1. The van der Waals surface area contributed by atoms with Gasteiger partial charge in [0.1, 0.15) is 0 Å². The third-order valence-corrected chi connectivity index (χ3v) is 4.84. The average molecular weight is 363 g/mol. The van der Waals surface area contributed by atoms with Gasteiger partial charge in [0.2, 0.25) is 0 Å². The summed E-state index contributed by atoms with van der Waals surface area (Å²) in [5, 5.41) is 11.8. The van der Waals surface area contributed by atoms with E-state index >= 15 is 0 Å². The number of benzene rings is 1. The summed E-state index contributed by atoms with van der Waals surface area (Å²) in [4.78, 5) is 30.5. The largest absolute Gasteiger partial charge is 0.481 e. The van der Waals surface area contributed by atoms with Crippen LogP contribution in [-0.4, -0.2) is 28.7 Å². The van der Waals surface area contributed by atoms with E-state index in [1.807, 2.05) is 38.1 Å². The number of aromatic amines is 1. The molecule has 6 heteroatoms. The van der Waals surface area contributed by atoms with E-state index in [0.717, 1.165) is 39.3 Å². The number of aliphatic imine (C=N–C) groups is 1. The lowest BCUT2D eigenvalue weighted by Gasteiger charge is -2.04. The highest BCUT2D eigenvalue weighted by Crippen LogP contribution is 2.36. The minimum atomic E-state index is -0.831. The van der Waals surface area contributed by atoms with Gasteiger partial charge in [-0.2, -0.15) is 0 Å². The first-order valence-corrected chi connectivity index (χ1v) is 8.55. The van der Waals surface area contributed by atoms with Gasteiger partial charge < -0.3 is 15.4 Å². The molecule has 2 aromatic rings. The van der Waals surface area contributed by atoms with Crippen LogP contribution < -0.4 is 5.32 Å². The maximum Gasteiger partial charge on any atom is 0.303 e. The molecule has 0 atom stereocenters. The van der Waals surface area contributed by atoms with Crippen molar-refractivity contribution in [2.75, 3.05) is 5.32 Å². The van der Waals surface area contributed by atoms with Gasteiger partial charge in [-0.25, -0.2) is 0 Å². The third-order valence-electron chi connectivity index (χ3n) is 4.84. The number of nitrogens with one attached hydrogen (secondary N) is 2. The van der Waals surface area contributed by atoms with E-state index in [-0.39, 0.29) is 12.3 Å². The Labute approximate surface area is 157 Å². The van der Waals surface area contributed by atoms with Crippen LogP contribution in [0.5, 0.6) is 0 Å². The average Bonchev–Trinajstić information content (AvgIpc) is 3.08. The Balaban J connectivity index is 2.03. The van der Waals surface area contributed by atoms with Crippen molar-refractivity contribution in [3.05, 3.63) is 58.4 Å². The topological polar surface area (TPSA) is 94.6 Å². The van der Waals surface area contributed by atoms with Gasteiger partial charge in [-0.05, 0) is 56.3 Å². The molecule has 1 amide bonds. The number of nitrogens with zero attached hydrogens (tertiary/aromatic N) is 1. The highest BCUT2D eigenvalue weighted by atomic mass is 16.4. The molecule has 6 nitrogen and oxygen atoms in total. The van der Waals surface area contributed by atoms with Crippen molar-refractivity contribution in [1.29, 1.82) is 0 Å². The number of H-pyrrole nitrogens is 1. The van der Waals surface area contributed by atoms with Crippen LogP contribution in [0.25, 0.3) is 17.3 Å². The summed E-state index contributed by atoms with van der Waals surface area (Å²) in [5.74, 6) is -1.01. The summed E-state index contributed by atoms with van der Waals surface area (Å²) in [6.45, 7) is 11.2. The maximum atomic E-state index is 12.5. The van der Waals surface area contributed by atoms with Crippen LogP contribution in [0.4, 0.5) is 5.69 Å². The van der Waals surface area contributed by atoms with E-state index in [0.29, 0.717) is 17.7 Å². The normalized spacial score (nSPS) is 14.1. The Bertz CT molecular complexity index is 1010. The molecule has 138 valence electrons. The first-order valence-electron chi connectivity index (χ1n) is 8.55. The summed E-state index contributed by atoms with van der Waals surface area (Å²) in [7, 11) is 0. The molecule has 2 heterocycles. The molecule has 0 saturated carbocycles. The van der Waals surface area contributed by atoms with Crippen LogP contribution in [0, 0.1) is 13.8 Å². The molecule has 27 heavy (non-hydrogen) atoms. The summed E-state index contributed by atoms with van der Waals surface area (Å²) >= 11 is 0. The molecule has 3 rings (SSSR count). The molecular formula is C21H21N3O3. The highest BCUT2D eigenvalue weighted by Gasteiger charge is 2.25. The zero-order valence-corrected chi connectivity index (χ0v) is 15.3. The number of hydrogen-bond acceptors (Lipinski definition) is 3. The summed E-state index contributed by atoms with van der Waals surface area (Å²) in [6.07, 6.45) is 2.32. The number of carbonyl (C=O) groups is 2. The van der Waals surface area contributed by atoms with Gasteiger partial charge in [-0.3, -0.25) is 14.6 Å². The molecule has 1 aromatic heterocycles. The first kappa shape index (κ1) is 18.4. The number of amides is 1. The van der Waals surface area contributed by atoms with Gasteiger partial charge in [0.15, 0.2) is 0 Å². The molecule has 0 radical (unpaired) electrons. The highest BCUT2D eigenvalue weighted by molar-refractivity contribution is 6.35. The van der Waals surface area contributed by atoms with Crippen molar-refractivity contribution in [1.82, 2.24) is 4.98 Å².